The number of benzene rings is 1. The summed E-state index contributed by atoms with van der Waals surface area (Å²) in [6.45, 7) is 10.1. The minimum atomic E-state index is -0.241. The Bertz CT molecular complexity index is 2440. The average Bonchev–Trinajstić information content (AvgIpc) is 3.99. The molecule has 2 fully saturated rings. The van der Waals surface area contributed by atoms with Gasteiger partial charge in [0.2, 0.25) is 5.01 Å². The van der Waals surface area contributed by atoms with Gasteiger partial charge in [-0.1, -0.05) is 36.1 Å². The average molecular weight is 834 g/mol. The number of carbonyl (C=O) groups is 2. The quantitative estimate of drug-likeness (QED) is 0.113. The van der Waals surface area contributed by atoms with E-state index in [0.29, 0.717) is 56.2 Å². The number of thioether (sulfide) groups is 1. The number of piperidine rings is 1. The Morgan fingerprint density at radius 2 is 1.80 bits per heavy atom. The van der Waals surface area contributed by atoms with E-state index in [9.17, 15) is 14.4 Å². The lowest BCUT2D eigenvalue weighted by molar-refractivity contribution is 0.0100. The number of pyridine rings is 3. The molecular weight excluding hydrogens is 787 g/mol. The predicted molar refractivity (Wildman–Crippen MR) is 228 cm³/mol. The van der Waals surface area contributed by atoms with Gasteiger partial charge in [0.1, 0.15) is 5.69 Å². The zero-order valence-corrected chi connectivity index (χ0v) is 34.8. The first kappa shape index (κ1) is 40.3. The molecule has 0 aliphatic carbocycles. The van der Waals surface area contributed by atoms with E-state index in [2.05, 4.69) is 70.4 Å². The highest BCUT2D eigenvalue weighted by atomic mass is 32.2. The van der Waals surface area contributed by atoms with Crippen molar-refractivity contribution in [1.29, 1.82) is 0 Å². The number of anilines is 1. The number of imidazole rings is 1. The molecule has 2 saturated heterocycles. The molecule has 0 radical (unpaired) electrons. The molecule has 0 saturated carbocycles. The van der Waals surface area contributed by atoms with Crippen molar-refractivity contribution < 1.29 is 14.3 Å². The van der Waals surface area contributed by atoms with Gasteiger partial charge < -0.3 is 29.4 Å². The van der Waals surface area contributed by atoms with Gasteiger partial charge in [0, 0.05) is 88.0 Å². The van der Waals surface area contributed by atoms with Gasteiger partial charge in [-0.3, -0.25) is 24.3 Å². The maximum atomic E-state index is 13.2. The minimum Gasteiger partial charge on any atom is -0.376 e. The van der Waals surface area contributed by atoms with Crippen LogP contribution in [0.15, 0.2) is 82.7 Å². The predicted octanol–water partition coefficient (Wildman–Crippen LogP) is 4.89. The summed E-state index contributed by atoms with van der Waals surface area (Å²) in [5.41, 5.74) is 8.13. The number of hydrogen-bond donors (Lipinski definition) is 2. The fourth-order valence-corrected chi connectivity index (χ4v) is 9.29. The van der Waals surface area contributed by atoms with Crippen LogP contribution in [-0.4, -0.2) is 115 Å². The number of likely N-dealkylation sites (tertiary alicyclic amines) is 1. The molecule has 306 valence electrons. The molecule has 15 nitrogen and oxygen atoms in total. The Morgan fingerprint density at radius 1 is 0.966 bits per heavy atom. The molecule has 0 unspecified atom stereocenters. The van der Waals surface area contributed by atoms with Crippen LogP contribution in [0.3, 0.4) is 0 Å². The second kappa shape index (κ2) is 18.6. The molecule has 17 heteroatoms. The summed E-state index contributed by atoms with van der Waals surface area (Å²) >= 11 is 2.92. The highest BCUT2D eigenvalue weighted by Crippen LogP contribution is 2.29. The van der Waals surface area contributed by atoms with E-state index in [4.69, 9.17) is 4.74 Å². The first-order valence-electron chi connectivity index (χ1n) is 20.0. The lowest BCUT2D eigenvalue weighted by Gasteiger charge is -2.36. The fourth-order valence-electron chi connectivity index (χ4n) is 7.40. The maximum Gasteiger partial charge on any atom is 0.284 e. The number of fused-ring (bicyclic) bond motifs is 1. The topological polar surface area (TPSA) is 167 Å². The molecule has 2 N–H and O–H groups in total. The molecule has 5 aromatic heterocycles. The number of aryl methyl sites for hydroxylation is 2. The molecule has 0 spiro atoms. The zero-order valence-electron chi connectivity index (χ0n) is 33.2. The van der Waals surface area contributed by atoms with Crippen LogP contribution in [0.2, 0.25) is 0 Å². The van der Waals surface area contributed by atoms with Crippen LogP contribution in [-0.2, 0) is 23.5 Å². The molecular formula is C42H47N11O4S2. The van der Waals surface area contributed by atoms with Gasteiger partial charge in [-0.2, -0.15) is 0 Å². The smallest absolute Gasteiger partial charge is 0.284 e. The normalized spacial score (nSPS) is 15.2. The van der Waals surface area contributed by atoms with Gasteiger partial charge in [0.25, 0.3) is 17.4 Å². The third-order valence-corrected chi connectivity index (χ3v) is 13.0. The molecule has 8 rings (SSSR count). The van der Waals surface area contributed by atoms with Crippen molar-refractivity contribution in [3.05, 3.63) is 117 Å². The number of carbonyl (C=O) groups excluding carboxylic acids is 2. The van der Waals surface area contributed by atoms with Crippen LogP contribution in [0.5, 0.6) is 0 Å². The van der Waals surface area contributed by atoms with Crippen LogP contribution >= 0.6 is 23.1 Å². The number of ether oxygens (including phenoxy) is 1. The zero-order chi connectivity index (χ0) is 40.7. The van der Waals surface area contributed by atoms with Crippen molar-refractivity contribution in [3.8, 4) is 5.69 Å². The van der Waals surface area contributed by atoms with Gasteiger partial charge in [-0.25, -0.2) is 9.97 Å². The number of rotatable bonds is 14. The summed E-state index contributed by atoms with van der Waals surface area (Å²) in [6.07, 6.45) is 11.2. The summed E-state index contributed by atoms with van der Waals surface area (Å²) in [6, 6.07) is 13.9. The number of nitrogens with one attached hydrogen (secondary N) is 2. The Balaban J connectivity index is 0.713. The van der Waals surface area contributed by atoms with E-state index < -0.39 is 0 Å². The lowest BCUT2D eigenvalue weighted by atomic mass is 10.1. The lowest BCUT2D eigenvalue weighted by Crippen LogP contribution is -2.46. The van der Waals surface area contributed by atoms with Gasteiger partial charge in [-0.05, 0) is 79.3 Å². The van der Waals surface area contributed by atoms with Crippen LogP contribution in [0, 0.1) is 6.92 Å². The Morgan fingerprint density at radius 3 is 2.54 bits per heavy atom. The van der Waals surface area contributed by atoms with E-state index in [1.54, 1.807) is 36.5 Å². The molecule has 2 aliphatic heterocycles. The molecule has 2 aliphatic rings. The molecule has 2 amide bonds. The molecule has 6 aromatic rings. The first-order chi connectivity index (χ1) is 28.8. The summed E-state index contributed by atoms with van der Waals surface area (Å²) in [5, 5.41) is 11.8. The van der Waals surface area contributed by atoms with Crippen molar-refractivity contribution >= 4 is 51.6 Å². The second-order valence-electron chi connectivity index (χ2n) is 14.8. The van der Waals surface area contributed by atoms with Crippen molar-refractivity contribution in [1.82, 2.24) is 49.8 Å². The highest BCUT2D eigenvalue weighted by Gasteiger charge is 2.27. The van der Waals surface area contributed by atoms with Crippen molar-refractivity contribution in [2.45, 2.75) is 55.9 Å². The van der Waals surface area contributed by atoms with E-state index in [1.807, 2.05) is 47.0 Å². The Kier molecular flexibility index (Phi) is 12.7. The van der Waals surface area contributed by atoms with Crippen LogP contribution in [0.25, 0.3) is 16.7 Å². The third-order valence-electron chi connectivity index (χ3n) is 10.9. The highest BCUT2D eigenvalue weighted by molar-refractivity contribution is 8.00. The van der Waals surface area contributed by atoms with Crippen molar-refractivity contribution in [2.75, 3.05) is 57.3 Å². The van der Waals surface area contributed by atoms with Crippen LogP contribution < -0.4 is 15.8 Å². The van der Waals surface area contributed by atoms with Crippen LogP contribution in [0.1, 0.15) is 62.3 Å². The number of amides is 2. The molecule has 1 aromatic carbocycles. The summed E-state index contributed by atoms with van der Waals surface area (Å²) in [4.78, 5) is 60.9. The van der Waals surface area contributed by atoms with E-state index in [0.717, 1.165) is 76.4 Å². The fraction of sp³-hybridized carbons (Fsp3) is 0.381. The monoisotopic (exact) mass is 833 g/mol. The maximum absolute atomic E-state index is 13.2. The number of nitrogens with zero attached hydrogens (tertiary/aromatic N) is 9. The van der Waals surface area contributed by atoms with Gasteiger partial charge >= 0.3 is 0 Å². The standard InChI is InChI=1S/C42H47N11O4S2/c1-3-30-22-36-37(47-38(30)54)21-29(23-45-36)25-50-15-17-51(18-16-50)33-6-7-35(46-24-33)39(55)44-11-19-57-34-8-12-52(13-9-34)41(56)40-48-49-42(59-40)58-26-31-4-5-32(20-28(31)2)53-14-10-43-27-53/h4-7,10,14,20-24,27,34H,3,8-9,11-13,15-19,25-26H2,1-2H3,(H,44,55)(H,47,54). The minimum absolute atomic E-state index is 0.0154. The number of hydrogen-bond acceptors (Lipinski definition) is 13. The Hall–Kier alpha value is -5.49. The summed E-state index contributed by atoms with van der Waals surface area (Å²) < 4.78 is 8.81. The Labute approximate surface area is 350 Å². The second-order valence-corrected chi connectivity index (χ2v) is 17.0. The number of piperazine rings is 1. The van der Waals surface area contributed by atoms with E-state index in [-0.39, 0.29) is 23.5 Å². The molecule has 7 heterocycles. The van der Waals surface area contributed by atoms with Gasteiger partial charge in [-0.15, -0.1) is 10.2 Å². The van der Waals surface area contributed by atoms with Gasteiger partial charge in [0.05, 0.1) is 42.0 Å². The van der Waals surface area contributed by atoms with Crippen LogP contribution in [0.4, 0.5) is 5.69 Å². The number of aromatic amines is 1. The molecule has 0 bridgehead atoms. The summed E-state index contributed by atoms with van der Waals surface area (Å²) in [7, 11) is 0. The number of aromatic nitrogens is 7. The van der Waals surface area contributed by atoms with E-state index in [1.165, 1.54) is 22.5 Å². The molecule has 0 atom stereocenters. The third kappa shape index (κ3) is 9.87. The molecule has 59 heavy (non-hydrogen) atoms. The van der Waals surface area contributed by atoms with Crippen molar-refractivity contribution in [3.63, 3.8) is 0 Å². The van der Waals surface area contributed by atoms with Gasteiger partial charge in [0.15, 0.2) is 4.34 Å². The van der Waals surface area contributed by atoms with E-state index >= 15 is 0 Å². The SMILES string of the molecule is CCc1cc2ncc(CN3CCN(c4ccc(C(=O)NCCOC5CCN(C(=O)c6nnc(SCc7ccc(-n8ccnc8)cc7C)s6)CC5)nc4)CC3)cc2[nH]c1=O. The number of H-pyrrole nitrogens is 1. The van der Waals surface area contributed by atoms with Crippen molar-refractivity contribution in [2.24, 2.45) is 0 Å². The summed E-state index contributed by atoms with van der Waals surface area (Å²) in [5.74, 6) is 0.403. The largest absolute Gasteiger partial charge is 0.376 e. The first-order valence-corrected chi connectivity index (χ1v) is 21.8.